The molecule has 1 rings (SSSR count). The smallest absolute Gasteiger partial charge is 0.273 e. The number of anilines is 1. The van der Waals surface area contributed by atoms with Crippen LogP contribution in [-0.4, -0.2) is 15.1 Å². The Morgan fingerprint density at radius 1 is 1.22 bits per heavy atom. The molecule has 1 aromatic rings. The molecular formula is C9H6Br2ClF3N2O. The van der Waals surface area contributed by atoms with E-state index in [0.29, 0.717) is 5.02 Å². The van der Waals surface area contributed by atoms with E-state index >= 15 is 0 Å². The summed E-state index contributed by atoms with van der Waals surface area (Å²) in [6, 6.07) is 5.78. The number of alkyl halides is 3. The van der Waals surface area contributed by atoms with Gasteiger partial charge < -0.3 is 0 Å². The van der Waals surface area contributed by atoms with Crippen LogP contribution in [0.15, 0.2) is 24.3 Å². The third-order valence-electron chi connectivity index (χ3n) is 1.81. The number of rotatable bonds is 3. The third-order valence-corrected chi connectivity index (χ3v) is 2.70. The molecule has 0 N–H and O–H groups in total. The van der Waals surface area contributed by atoms with Gasteiger partial charge in [-0.2, -0.15) is 13.2 Å². The summed E-state index contributed by atoms with van der Waals surface area (Å²) in [5.41, 5.74) is 0.238. The van der Waals surface area contributed by atoms with E-state index in [2.05, 4.69) is 32.3 Å². The number of hydrogen-bond acceptors (Lipinski definition) is 2. The van der Waals surface area contributed by atoms with Crippen LogP contribution in [0.25, 0.3) is 0 Å². The first-order chi connectivity index (χ1) is 8.20. The fraction of sp³-hybridized carbons (Fsp3) is 0.222. The van der Waals surface area contributed by atoms with Crippen LogP contribution in [0.3, 0.4) is 0 Å². The minimum absolute atomic E-state index is 0.238. The highest BCUT2D eigenvalue weighted by Gasteiger charge is 2.35. The van der Waals surface area contributed by atoms with E-state index in [-0.39, 0.29) is 5.69 Å². The second kappa shape index (κ2) is 6.23. The van der Waals surface area contributed by atoms with Crippen LogP contribution in [-0.2, 0) is 4.79 Å². The second-order valence-electron chi connectivity index (χ2n) is 3.19. The largest absolute Gasteiger partial charge is 0.397 e. The molecule has 1 aromatic carbocycles. The van der Waals surface area contributed by atoms with E-state index in [1.54, 1.807) is 0 Å². The van der Waals surface area contributed by atoms with Crippen molar-refractivity contribution >= 4 is 55.5 Å². The maximum atomic E-state index is 12.2. The van der Waals surface area contributed by atoms with Crippen LogP contribution in [0, 0.1) is 0 Å². The Balaban J connectivity index is 2.96. The van der Waals surface area contributed by atoms with E-state index in [1.807, 2.05) is 0 Å². The molecule has 0 fully saturated rings. The van der Waals surface area contributed by atoms with E-state index < -0.39 is 18.5 Å². The monoisotopic (exact) mass is 408 g/mol. The topological polar surface area (TPSA) is 23.6 Å². The van der Waals surface area contributed by atoms with Crippen LogP contribution in [0.5, 0.6) is 0 Å². The molecule has 0 unspecified atom stereocenters. The molecule has 0 aliphatic heterocycles. The molecular weight excluding hydrogens is 404 g/mol. The van der Waals surface area contributed by atoms with Gasteiger partial charge in [0.1, 0.15) is 6.42 Å². The second-order valence-corrected chi connectivity index (χ2v) is 5.92. The molecule has 0 aliphatic carbocycles. The fourth-order valence-electron chi connectivity index (χ4n) is 1.14. The fourth-order valence-corrected chi connectivity index (χ4v) is 1.99. The molecule has 0 spiro atoms. The van der Waals surface area contributed by atoms with Crippen molar-refractivity contribution in [2.75, 3.05) is 5.01 Å². The minimum Gasteiger partial charge on any atom is -0.273 e. The predicted octanol–water partition coefficient (Wildman–Crippen LogP) is 4.46. The molecule has 0 radical (unpaired) electrons. The zero-order valence-electron chi connectivity index (χ0n) is 8.59. The van der Waals surface area contributed by atoms with Crippen LogP contribution < -0.4 is 5.01 Å². The van der Waals surface area contributed by atoms with Gasteiger partial charge in [0.2, 0.25) is 0 Å². The maximum absolute atomic E-state index is 12.2. The Morgan fingerprint density at radius 2 is 1.72 bits per heavy atom. The van der Waals surface area contributed by atoms with Gasteiger partial charge in [-0.3, -0.25) is 4.79 Å². The average molecular weight is 410 g/mol. The lowest BCUT2D eigenvalue weighted by atomic mass is 10.3. The van der Waals surface area contributed by atoms with Crippen LogP contribution in [0.1, 0.15) is 6.42 Å². The summed E-state index contributed by atoms with van der Waals surface area (Å²) in [6.07, 6.45) is -6.14. The number of hydrazine groups is 1. The summed E-state index contributed by atoms with van der Waals surface area (Å²) in [7, 11) is 0. The number of hydrogen-bond donors (Lipinski definition) is 0. The lowest BCUT2D eigenvalue weighted by molar-refractivity contribution is -0.152. The van der Waals surface area contributed by atoms with E-state index in [4.69, 9.17) is 11.6 Å². The first-order valence-corrected chi connectivity index (χ1v) is 6.27. The maximum Gasteiger partial charge on any atom is 0.397 e. The van der Waals surface area contributed by atoms with Crippen LogP contribution in [0.4, 0.5) is 18.9 Å². The highest BCUT2D eigenvalue weighted by Crippen LogP contribution is 2.28. The molecule has 0 heterocycles. The van der Waals surface area contributed by atoms with Gasteiger partial charge in [0.25, 0.3) is 5.91 Å². The highest BCUT2D eigenvalue weighted by molar-refractivity contribution is 9.21. The van der Waals surface area contributed by atoms with Crippen LogP contribution >= 0.6 is 43.9 Å². The number of nitrogens with zero attached hydrogens (tertiary/aromatic N) is 2. The molecule has 100 valence electrons. The summed E-state index contributed by atoms with van der Waals surface area (Å²) in [4.78, 5) is 11.6. The van der Waals surface area contributed by atoms with Gasteiger partial charge in [-0.1, -0.05) is 14.7 Å². The standard InChI is InChI=1S/C9H6Br2ClF3N2O/c10-17(11)16(8(18)5-9(13,14)15)7-3-1-6(12)2-4-7/h1-4H,5H2. The molecule has 18 heavy (non-hydrogen) atoms. The molecule has 0 saturated carbocycles. The zero-order valence-corrected chi connectivity index (χ0v) is 12.5. The van der Waals surface area contributed by atoms with Crippen molar-refractivity contribution < 1.29 is 18.0 Å². The van der Waals surface area contributed by atoms with Gasteiger partial charge in [0, 0.05) is 37.3 Å². The Kier molecular flexibility index (Phi) is 5.45. The quantitative estimate of drug-likeness (QED) is 0.543. The Hall–Kier alpha value is -0.310. The summed E-state index contributed by atoms with van der Waals surface area (Å²) in [6.45, 7) is 0. The van der Waals surface area contributed by atoms with E-state index in [1.165, 1.54) is 24.3 Å². The number of benzene rings is 1. The summed E-state index contributed by atoms with van der Waals surface area (Å²) in [5.74, 6) is -1.14. The van der Waals surface area contributed by atoms with Crippen molar-refractivity contribution in [2.24, 2.45) is 0 Å². The van der Waals surface area contributed by atoms with E-state index in [9.17, 15) is 18.0 Å². The van der Waals surface area contributed by atoms with Gasteiger partial charge in [0.05, 0.1) is 5.69 Å². The molecule has 0 atom stereocenters. The zero-order chi connectivity index (χ0) is 13.9. The van der Waals surface area contributed by atoms with Crippen molar-refractivity contribution in [1.29, 1.82) is 0 Å². The lowest BCUT2D eigenvalue weighted by Crippen LogP contribution is -2.38. The first kappa shape index (κ1) is 15.7. The normalized spacial score (nSPS) is 11.7. The highest BCUT2D eigenvalue weighted by atomic mass is 79.9. The number of halogens is 6. The Bertz CT molecular complexity index is 425. The molecule has 9 heteroatoms. The SMILES string of the molecule is O=C(CC(F)(F)F)N(c1ccc(Cl)cc1)N(Br)Br. The third kappa shape index (κ3) is 4.75. The van der Waals surface area contributed by atoms with Crippen molar-refractivity contribution in [3.05, 3.63) is 29.3 Å². The van der Waals surface area contributed by atoms with Gasteiger partial charge in [-0.25, -0.2) is 5.01 Å². The Morgan fingerprint density at radius 3 is 2.11 bits per heavy atom. The molecule has 0 saturated heterocycles. The first-order valence-electron chi connectivity index (χ1n) is 4.47. The molecule has 0 aliphatic rings. The van der Waals surface area contributed by atoms with Crippen molar-refractivity contribution in [3.8, 4) is 0 Å². The van der Waals surface area contributed by atoms with Gasteiger partial charge in [0.15, 0.2) is 0 Å². The summed E-state index contributed by atoms with van der Waals surface area (Å²) in [5, 5.41) is 1.20. The molecule has 0 aromatic heterocycles. The molecule has 1 amide bonds. The van der Waals surface area contributed by atoms with Gasteiger partial charge >= 0.3 is 6.18 Å². The summed E-state index contributed by atoms with van der Waals surface area (Å²) >= 11 is 11.4. The van der Waals surface area contributed by atoms with Crippen molar-refractivity contribution in [2.45, 2.75) is 12.6 Å². The van der Waals surface area contributed by atoms with Gasteiger partial charge in [-0.15, -0.1) is 0 Å². The minimum atomic E-state index is -4.57. The van der Waals surface area contributed by atoms with Crippen LogP contribution in [0.2, 0.25) is 5.02 Å². The number of carbonyl (C=O) groups is 1. The van der Waals surface area contributed by atoms with E-state index in [0.717, 1.165) is 8.07 Å². The summed E-state index contributed by atoms with van der Waals surface area (Å²) < 4.78 is 37.5. The van der Waals surface area contributed by atoms with Gasteiger partial charge in [-0.05, 0) is 24.3 Å². The lowest BCUT2D eigenvalue weighted by Gasteiger charge is -2.25. The number of carbonyl (C=O) groups excluding carboxylic acids is 1. The molecule has 0 bridgehead atoms. The van der Waals surface area contributed by atoms with Crippen molar-refractivity contribution in [1.82, 2.24) is 3.06 Å². The average Bonchev–Trinajstić information content (AvgIpc) is 2.18. The number of amides is 1. The predicted molar refractivity (Wildman–Crippen MR) is 69.3 cm³/mol. The molecule has 3 nitrogen and oxygen atoms in total. The van der Waals surface area contributed by atoms with Crippen molar-refractivity contribution in [3.63, 3.8) is 0 Å². The Labute approximate surface area is 123 Å².